The van der Waals surface area contributed by atoms with Gasteiger partial charge >= 0.3 is 0 Å². The Kier molecular flexibility index (Phi) is 5.28. The Morgan fingerprint density at radius 3 is 2.48 bits per heavy atom. The first-order chi connectivity index (χ1) is 12.1. The van der Waals surface area contributed by atoms with Crippen molar-refractivity contribution in [3.05, 3.63) is 54.1 Å². The molecule has 1 atom stereocenters. The molecule has 2 amide bonds. The van der Waals surface area contributed by atoms with Crippen LogP contribution in [0.15, 0.2) is 48.5 Å². The molecule has 0 aliphatic carbocycles. The number of carbonyl (C=O) groups is 2. The van der Waals surface area contributed by atoms with E-state index in [1.54, 1.807) is 11.8 Å². The number of hydrogen-bond donors (Lipinski definition) is 1. The molecule has 0 aromatic heterocycles. The molecule has 5 nitrogen and oxygen atoms in total. The lowest BCUT2D eigenvalue weighted by molar-refractivity contribution is -0.116. The van der Waals surface area contributed by atoms with Crippen molar-refractivity contribution in [1.82, 2.24) is 0 Å². The van der Waals surface area contributed by atoms with E-state index in [4.69, 9.17) is 4.74 Å². The molecule has 130 valence electrons. The zero-order valence-electron chi connectivity index (χ0n) is 14.2. The summed E-state index contributed by atoms with van der Waals surface area (Å²) in [4.78, 5) is 25.3. The summed E-state index contributed by atoms with van der Waals surface area (Å²) in [5, 5.41) is 2.68. The van der Waals surface area contributed by atoms with E-state index in [0.717, 1.165) is 22.7 Å². The van der Waals surface area contributed by atoms with Crippen molar-refractivity contribution in [1.29, 1.82) is 0 Å². The van der Waals surface area contributed by atoms with Gasteiger partial charge in [-0.25, -0.2) is 0 Å². The molecule has 1 saturated heterocycles. The maximum absolute atomic E-state index is 12.4. The average Bonchev–Trinajstić information content (AvgIpc) is 2.98. The van der Waals surface area contributed by atoms with Crippen LogP contribution in [0.2, 0.25) is 0 Å². The van der Waals surface area contributed by atoms with E-state index in [-0.39, 0.29) is 17.2 Å². The zero-order valence-corrected chi connectivity index (χ0v) is 15.0. The highest BCUT2D eigenvalue weighted by Gasteiger charge is 2.33. The zero-order chi connectivity index (χ0) is 17.8. The number of anilines is 2. The largest absolute Gasteiger partial charge is 0.494 e. The first kappa shape index (κ1) is 17.4. The minimum absolute atomic E-state index is 0.0724. The number of amides is 2. The van der Waals surface area contributed by atoms with Gasteiger partial charge in [-0.3, -0.25) is 14.5 Å². The first-order valence-corrected chi connectivity index (χ1v) is 9.17. The highest BCUT2D eigenvalue weighted by molar-refractivity contribution is 8.00. The Balaban J connectivity index is 1.82. The van der Waals surface area contributed by atoms with E-state index < -0.39 is 0 Å². The molecule has 0 spiro atoms. The molecule has 1 N–H and O–H groups in total. The summed E-state index contributed by atoms with van der Waals surface area (Å²) < 4.78 is 5.46. The van der Waals surface area contributed by atoms with E-state index in [1.165, 1.54) is 6.92 Å². The lowest BCUT2D eigenvalue weighted by Gasteiger charge is -2.24. The number of benzene rings is 2. The second-order valence-corrected chi connectivity index (χ2v) is 6.73. The summed E-state index contributed by atoms with van der Waals surface area (Å²) in [6.45, 7) is 4.03. The highest BCUT2D eigenvalue weighted by Crippen LogP contribution is 2.42. The Hall–Kier alpha value is -2.47. The van der Waals surface area contributed by atoms with Crippen LogP contribution in [-0.4, -0.2) is 24.2 Å². The number of carbonyl (C=O) groups excluding carboxylic acids is 2. The van der Waals surface area contributed by atoms with Gasteiger partial charge in [0, 0.05) is 18.3 Å². The summed E-state index contributed by atoms with van der Waals surface area (Å²) in [6, 6.07) is 15.2. The topological polar surface area (TPSA) is 58.6 Å². The van der Waals surface area contributed by atoms with Gasteiger partial charge in [-0.05, 0) is 48.9 Å². The van der Waals surface area contributed by atoms with Crippen LogP contribution in [0.25, 0.3) is 0 Å². The molecule has 0 bridgehead atoms. The standard InChI is InChI=1S/C19H20N2O3S/c1-3-24-17-10-8-16(9-11-17)21-18(23)12-25-19(21)14-4-6-15(7-5-14)20-13(2)22/h4-11,19H,3,12H2,1-2H3,(H,20,22)/t19-/m0/s1. The normalized spacial score (nSPS) is 16.8. The quantitative estimate of drug-likeness (QED) is 0.885. The number of nitrogens with zero attached hydrogens (tertiary/aromatic N) is 1. The van der Waals surface area contributed by atoms with Gasteiger partial charge in [0.2, 0.25) is 11.8 Å². The van der Waals surface area contributed by atoms with Crippen LogP contribution in [0.4, 0.5) is 11.4 Å². The van der Waals surface area contributed by atoms with Crippen molar-refractivity contribution in [2.75, 3.05) is 22.6 Å². The summed E-state index contributed by atoms with van der Waals surface area (Å²) in [6.07, 6.45) is 0. The van der Waals surface area contributed by atoms with E-state index in [2.05, 4.69) is 5.32 Å². The fourth-order valence-corrected chi connectivity index (χ4v) is 3.93. The van der Waals surface area contributed by atoms with Crippen molar-refractivity contribution in [3.63, 3.8) is 0 Å². The minimum Gasteiger partial charge on any atom is -0.494 e. The van der Waals surface area contributed by atoms with Crippen molar-refractivity contribution in [2.24, 2.45) is 0 Å². The Labute approximate surface area is 151 Å². The van der Waals surface area contributed by atoms with Crippen molar-refractivity contribution in [3.8, 4) is 5.75 Å². The molecule has 1 aliphatic rings. The number of hydrogen-bond acceptors (Lipinski definition) is 4. The molecule has 1 aliphatic heterocycles. The molecule has 2 aromatic carbocycles. The number of nitrogens with one attached hydrogen (secondary N) is 1. The van der Waals surface area contributed by atoms with Gasteiger partial charge in [0.05, 0.1) is 12.4 Å². The molecule has 0 unspecified atom stereocenters. The molecular formula is C19H20N2O3S. The molecular weight excluding hydrogens is 336 g/mol. The van der Waals surface area contributed by atoms with Crippen molar-refractivity contribution in [2.45, 2.75) is 19.2 Å². The Bertz CT molecular complexity index is 759. The molecule has 1 fully saturated rings. The maximum atomic E-state index is 12.4. The fourth-order valence-electron chi connectivity index (χ4n) is 2.75. The van der Waals surface area contributed by atoms with E-state index in [1.807, 2.05) is 60.4 Å². The lowest BCUT2D eigenvalue weighted by atomic mass is 10.1. The van der Waals surface area contributed by atoms with Crippen LogP contribution in [0.1, 0.15) is 24.8 Å². The van der Waals surface area contributed by atoms with E-state index in [9.17, 15) is 9.59 Å². The van der Waals surface area contributed by atoms with Crippen molar-refractivity contribution >= 4 is 35.0 Å². The van der Waals surface area contributed by atoms with Gasteiger partial charge in [0.25, 0.3) is 0 Å². The third-order valence-electron chi connectivity index (χ3n) is 3.81. The molecule has 2 aromatic rings. The predicted octanol–water partition coefficient (Wildman–Crippen LogP) is 3.82. The molecule has 25 heavy (non-hydrogen) atoms. The fraction of sp³-hybridized carbons (Fsp3) is 0.263. The van der Waals surface area contributed by atoms with Gasteiger partial charge < -0.3 is 10.1 Å². The highest BCUT2D eigenvalue weighted by atomic mass is 32.2. The van der Waals surface area contributed by atoms with Gasteiger partial charge in [-0.2, -0.15) is 0 Å². The molecule has 1 heterocycles. The van der Waals surface area contributed by atoms with Crippen LogP contribution in [-0.2, 0) is 9.59 Å². The van der Waals surface area contributed by atoms with Crippen LogP contribution >= 0.6 is 11.8 Å². The molecule has 0 radical (unpaired) electrons. The van der Waals surface area contributed by atoms with Gasteiger partial charge in [0.1, 0.15) is 11.1 Å². The Morgan fingerprint density at radius 1 is 1.20 bits per heavy atom. The smallest absolute Gasteiger partial charge is 0.238 e. The number of rotatable bonds is 5. The maximum Gasteiger partial charge on any atom is 0.238 e. The number of ether oxygens (including phenoxy) is 1. The third-order valence-corrected chi connectivity index (χ3v) is 5.02. The Morgan fingerprint density at radius 2 is 1.88 bits per heavy atom. The van der Waals surface area contributed by atoms with Crippen LogP contribution in [0.3, 0.4) is 0 Å². The van der Waals surface area contributed by atoms with Crippen LogP contribution in [0, 0.1) is 0 Å². The van der Waals surface area contributed by atoms with E-state index >= 15 is 0 Å². The van der Waals surface area contributed by atoms with E-state index in [0.29, 0.717) is 12.4 Å². The summed E-state index contributed by atoms with van der Waals surface area (Å²) >= 11 is 1.60. The summed E-state index contributed by atoms with van der Waals surface area (Å²) in [5.74, 6) is 1.23. The third kappa shape index (κ3) is 3.96. The molecule has 6 heteroatoms. The van der Waals surface area contributed by atoms with Gasteiger partial charge in [0.15, 0.2) is 0 Å². The van der Waals surface area contributed by atoms with Crippen LogP contribution in [0.5, 0.6) is 5.75 Å². The monoisotopic (exact) mass is 356 g/mol. The summed E-state index contributed by atoms with van der Waals surface area (Å²) in [7, 11) is 0. The second-order valence-electron chi connectivity index (χ2n) is 5.66. The molecule has 0 saturated carbocycles. The second kappa shape index (κ2) is 7.61. The average molecular weight is 356 g/mol. The first-order valence-electron chi connectivity index (χ1n) is 8.12. The predicted molar refractivity (Wildman–Crippen MR) is 101 cm³/mol. The molecule has 3 rings (SSSR count). The van der Waals surface area contributed by atoms with Gasteiger partial charge in [-0.15, -0.1) is 11.8 Å². The number of thioether (sulfide) groups is 1. The lowest BCUT2D eigenvalue weighted by Crippen LogP contribution is -2.27. The van der Waals surface area contributed by atoms with Gasteiger partial charge in [-0.1, -0.05) is 12.1 Å². The minimum atomic E-state index is -0.103. The summed E-state index contributed by atoms with van der Waals surface area (Å²) in [5.41, 5.74) is 2.63. The van der Waals surface area contributed by atoms with Crippen molar-refractivity contribution < 1.29 is 14.3 Å². The SMILES string of the molecule is CCOc1ccc(N2C(=O)CS[C@H]2c2ccc(NC(C)=O)cc2)cc1. The van der Waals surface area contributed by atoms with Crippen LogP contribution < -0.4 is 15.0 Å².